The van der Waals surface area contributed by atoms with E-state index in [9.17, 15) is 9.59 Å². The third kappa shape index (κ3) is 2.81. The molecular weight excluding hydrogens is 258 g/mol. The van der Waals surface area contributed by atoms with Gasteiger partial charge in [-0.25, -0.2) is 4.90 Å². The summed E-state index contributed by atoms with van der Waals surface area (Å²) in [5, 5.41) is 8.71. The quantitative estimate of drug-likeness (QED) is 0.647. The standard InChI is InChI=1S/C15H15NO4/c1-20-13-8-7-11(4-3-9-17)10-12(13)16-14(18)5-2-6-15(16)19/h7-8,10,17H,2,5-6,9H2,1H3. The molecule has 5 nitrogen and oxygen atoms in total. The molecule has 1 heterocycles. The van der Waals surface area contributed by atoms with Crippen molar-refractivity contribution in [1.29, 1.82) is 0 Å². The van der Waals surface area contributed by atoms with Crippen LogP contribution in [0.1, 0.15) is 24.8 Å². The Morgan fingerprint density at radius 1 is 1.30 bits per heavy atom. The van der Waals surface area contributed by atoms with Crippen molar-refractivity contribution in [2.75, 3.05) is 18.6 Å². The van der Waals surface area contributed by atoms with Crippen molar-refractivity contribution in [2.45, 2.75) is 19.3 Å². The zero-order valence-corrected chi connectivity index (χ0v) is 11.2. The molecule has 1 saturated heterocycles. The molecule has 104 valence electrons. The van der Waals surface area contributed by atoms with E-state index in [0.29, 0.717) is 36.3 Å². The number of ether oxygens (including phenoxy) is 1. The topological polar surface area (TPSA) is 66.8 Å². The summed E-state index contributed by atoms with van der Waals surface area (Å²) in [7, 11) is 1.48. The SMILES string of the molecule is COc1ccc(C#CCO)cc1N1C(=O)CCCC1=O. The summed E-state index contributed by atoms with van der Waals surface area (Å²) < 4.78 is 5.21. The maximum Gasteiger partial charge on any atom is 0.233 e. The Balaban J connectivity index is 2.46. The Morgan fingerprint density at radius 3 is 2.60 bits per heavy atom. The van der Waals surface area contributed by atoms with Gasteiger partial charge in [-0.1, -0.05) is 11.8 Å². The molecule has 2 rings (SSSR count). The number of amides is 2. The van der Waals surface area contributed by atoms with Gasteiger partial charge in [-0.05, 0) is 24.6 Å². The number of hydrogen-bond acceptors (Lipinski definition) is 4. The predicted octanol–water partition coefficient (Wildman–Crippen LogP) is 1.08. The predicted molar refractivity (Wildman–Crippen MR) is 73.3 cm³/mol. The number of carbonyl (C=O) groups is 2. The highest BCUT2D eigenvalue weighted by atomic mass is 16.5. The van der Waals surface area contributed by atoms with Crippen LogP contribution < -0.4 is 9.64 Å². The minimum atomic E-state index is -0.247. The van der Waals surface area contributed by atoms with Gasteiger partial charge in [0.2, 0.25) is 11.8 Å². The third-order valence-electron chi connectivity index (χ3n) is 3.01. The average Bonchev–Trinajstić information content (AvgIpc) is 2.45. The van der Waals surface area contributed by atoms with Crippen molar-refractivity contribution in [3.8, 4) is 17.6 Å². The third-order valence-corrected chi connectivity index (χ3v) is 3.01. The molecule has 0 bridgehead atoms. The molecule has 0 radical (unpaired) electrons. The van der Waals surface area contributed by atoms with Crippen LogP contribution in [0.4, 0.5) is 5.69 Å². The van der Waals surface area contributed by atoms with Gasteiger partial charge in [-0.2, -0.15) is 0 Å². The number of benzene rings is 1. The minimum Gasteiger partial charge on any atom is -0.495 e. The lowest BCUT2D eigenvalue weighted by Crippen LogP contribution is -2.40. The molecule has 1 aliphatic heterocycles. The van der Waals surface area contributed by atoms with Crippen molar-refractivity contribution in [3.63, 3.8) is 0 Å². The van der Waals surface area contributed by atoms with Crippen molar-refractivity contribution in [1.82, 2.24) is 0 Å². The zero-order valence-electron chi connectivity index (χ0n) is 11.2. The molecule has 0 aliphatic carbocycles. The Hall–Kier alpha value is -2.32. The maximum absolute atomic E-state index is 12.0. The van der Waals surface area contributed by atoms with Crippen molar-refractivity contribution < 1.29 is 19.4 Å². The molecule has 1 aromatic carbocycles. The first-order valence-corrected chi connectivity index (χ1v) is 6.31. The van der Waals surface area contributed by atoms with Crippen LogP contribution in [0.3, 0.4) is 0 Å². The van der Waals surface area contributed by atoms with Crippen LogP contribution >= 0.6 is 0 Å². The van der Waals surface area contributed by atoms with E-state index in [1.54, 1.807) is 18.2 Å². The first-order valence-electron chi connectivity index (χ1n) is 6.31. The smallest absolute Gasteiger partial charge is 0.233 e. The van der Waals surface area contributed by atoms with E-state index in [-0.39, 0.29) is 18.4 Å². The highest BCUT2D eigenvalue weighted by molar-refractivity contribution is 6.17. The molecular formula is C15H15NO4. The van der Waals surface area contributed by atoms with Crippen molar-refractivity contribution in [3.05, 3.63) is 23.8 Å². The maximum atomic E-state index is 12.0. The Kier molecular flexibility index (Phi) is 4.38. The van der Waals surface area contributed by atoms with Gasteiger partial charge in [0.15, 0.2) is 0 Å². The highest BCUT2D eigenvalue weighted by Crippen LogP contribution is 2.32. The molecule has 20 heavy (non-hydrogen) atoms. The fourth-order valence-corrected chi connectivity index (χ4v) is 2.11. The van der Waals surface area contributed by atoms with Gasteiger partial charge in [0.25, 0.3) is 0 Å². The molecule has 2 amide bonds. The van der Waals surface area contributed by atoms with Crippen LogP contribution in [0, 0.1) is 11.8 Å². The largest absolute Gasteiger partial charge is 0.495 e. The van der Waals surface area contributed by atoms with E-state index in [1.807, 2.05) is 0 Å². The van der Waals surface area contributed by atoms with Gasteiger partial charge >= 0.3 is 0 Å². The summed E-state index contributed by atoms with van der Waals surface area (Å²) in [6.45, 7) is -0.247. The van der Waals surface area contributed by atoms with E-state index in [1.165, 1.54) is 7.11 Å². The lowest BCUT2D eigenvalue weighted by molar-refractivity contribution is -0.129. The minimum absolute atomic E-state index is 0.230. The summed E-state index contributed by atoms with van der Waals surface area (Å²) >= 11 is 0. The highest BCUT2D eigenvalue weighted by Gasteiger charge is 2.29. The van der Waals surface area contributed by atoms with Crippen LogP contribution in [0.5, 0.6) is 5.75 Å². The first kappa shape index (κ1) is 14.1. The number of piperidine rings is 1. The number of anilines is 1. The van der Waals surface area contributed by atoms with E-state index < -0.39 is 0 Å². The fraction of sp³-hybridized carbons (Fsp3) is 0.333. The molecule has 5 heteroatoms. The molecule has 0 saturated carbocycles. The van der Waals surface area contributed by atoms with Crippen LogP contribution in [0.2, 0.25) is 0 Å². The molecule has 1 aliphatic rings. The number of nitrogens with zero attached hydrogens (tertiary/aromatic N) is 1. The van der Waals surface area contributed by atoms with Gasteiger partial charge in [-0.15, -0.1) is 0 Å². The molecule has 0 unspecified atom stereocenters. The summed E-state index contributed by atoms with van der Waals surface area (Å²) in [6, 6.07) is 5.00. The monoisotopic (exact) mass is 273 g/mol. The van der Waals surface area contributed by atoms with Gasteiger partial charge in [0.1, 0.15) is 12.4 Å². The zero-order chi connectivity index (χ0) is 14.5. The number of hydrogen-bond donors (Lipinski definition) is 1. The lowest BCUT2D eigenvalue weighted by Gasteiger charge is -2.26. The average molecular weight is 273 g/mol. The Morgan fingerprint density at radius 2 is 2.00 bits per heavy atom. The van der Waals surface area contributed by atoms with Gasteiger partial charge in [0.05, 0.1) is 12.8 Å². The molecule has 0 atom stereocenters. The van der Waals surface area contributed by atoms with E-state index in [4.69, 9.17) is 9.84 Å². The second-order valence-corrected chi connectivity index (χ2v) is 4.32. The summed E-state index contributed by atoms with van der Waals surface area (Å²) in [6.07, 6.45) is 1.28. The first-order chi connectivity index (χ1) is 9.67. The van der Waals surface area contributed by atoms with Crippen LogP contribution in [0.25, 0.3) is 0 Å². The number of carbonyl (C=O) groups excluding carboxylic acids is 2. The number of imide groups is 1. The van der Waals surface area contributed by atoms with Gasteiger partial charge in [0, 0.05) is 18.4 Å². The van der Waals surface area contributed by atoms with Gasteiger partial charge < -0.3 is 9.84 Å². The molecule has 1 N–H and O–H groups in total. The van der Waals surface area contributed by atoms with Crippen LogP contribution in [-0.2, 0) is 9.59 Å². The van der Waals surface area contributed by atoms with E-state index in [0.717, 1.165) is 4.90 Å². The van der Waals surface area contributed by atoms with Crippen molar-refractivity contribution >= 4 is 17.5 Å². The number of methoxy groups -OCH3 is 1. The normalized spacial score (nSPS) is 14.8. The summed E-state index contributed by atoms with van der Waals surface area (Å²) in [5.41, 5.74) is 1.02. The second-order valence-electron chi connectivity index (χ2n) is 4.32. The molecule has 1 aromatic rings. The van der Waals surface area contributed by atoms with E-state index in [2.05, 4.69) is 11.8 Å². The second kappa shape index (κ2) is 6.22. The number of aliphatic hydroxyl groups excluding tert-OH is 1. The van der Waals surface area contributed by atoms with Crippen molar-refractivity contribution in [2.24, 2.45) is 0 Å². The number of aliphatic hydroxyl groups is 1. The van der Waals surface area contributed by atoms with Gasteiger partial charge in [-0.3, -0.25) is 9.59 Å². The Bertz CT molecular complexity index is 582. The molecule has 0 spiro atoms. The fourth-order valence-electron chi connectivity index (χ4n) is 2.11. The van der Waals surface area contributed by atoms with E-state index >= 15 is 0 Å². The molecule has 0 aromatic heterocycles. The summed E-state index contributed by atoms with van der Waals surface area (Å²) in [4.78, 5) is 25.1. The molecule has 1 fully saturated rings. The summed E-state index contributed by atoms with van der Waals surface area (Å²) in [5.74, 6) is 5.27. The Labute approximate surface area is 117 Å². The van der Waals surface area contributed by atoms with Crippen LogP contribution in [0.15, 0.2) is 18.2 Å². The lowest BCUT2D eigenvalue weighted by atomic mass is 10.1. The number of rotatable bonds is 2. The van der Waals surface area contributed by atoms with Crippen LogP contribution in [-0.4, -0.2) is 30.6 Å².